The first-order valence-electron chi connectivity index (χ1n) is 7.42. The molecule has 6 heteroatoms. The summed E-state index contributed by atoms with van der Waals surface area (Å²) in [5, 5.41) is 13.5. The van der Waals surface area contributed by atoms with Crippen LogP contribution in [-0.4, -0.2) is 38.7 Å². The minimum absolute atomic E-state index is 0.0292. The molecule has 2 saturated carbocycles. The van der Waals surface area contributed by atoms with Gasteiger partial charge in [-0.15, -0.1) is 0 Å². The molecule has 114 valence electrons. The van der Waals surface area contributed by atoms with Crippen molar-refractivity contribution < 1.29 is 14.7 Å². The maximum Gasteiger partial charge on any atom is 0.307 e. The van der Waals surface area contributed by atoms with E-state index in [0.29, 0.717) is 6.54 Å². The van der Waals surface area contributed by atoms with Gasteiger partial charge in [0.1, 0.15) is 0 Å². The second kappa shape index (κ2) is 5.16. The number of hydrogen-bond donors (Lipinski definition) is 1. The van der Waals surface area contributed by atoms with Crippen molar-refractivity contribution in [3.63, 3.8) is 0 Å². The van der Waals surface area contributed by atoms with Crippen molar-refractivity contribution in [2.24, 2.45) is 30.7 Å². The first-order valence-corrected chi connectivity index (χ1v) is 7.42. The van der Waals surface area contributed by atoms with Crippen LogP contribution in [0.2, 0.25) is 0 Å². The molecule has 0 spiro atoms. The van der Waals surface area contributed by atoms with E-state index in [2.05, 4.69) is 5.10 Å². The van der Waals surface area contributed by atoms with Crippen molar-refractivity contribution in [3.8, 4) is 0 Å². The van der Waals surface area contributed by atoms with Crippen molar-refractivity contribution >= 4 is 11.9 Å². The molecular formula is C15H21N3O3. The largest absolute Gasteiger partial charge is 0.481 e. The summed E-state index contributed by atoms with van der Waals surface area (Å²) in [5.74, 6) is -1.24. The lowest BCUT2D eigenvalue weighted by molar-refractivity contribution is -0.152. The maximum atomic E-state index is 12.7. The molecule has 4 atom stereocenters. The molecule has 2 fully saturated rings. The van der Waals surface area contributed by atoms with Crippen LogP contribution in [0.25, 0.3) is 0 Å². The van der Waals surface area contributed by atoms with Gasteiger partial charge >= 0.3 is 5.97 Å². The van der Waals surface area contributed by atoms with Gasteiger partial charge in [0.05, 0.1) is 18.0 Å². The van der Waals surface area contributed by atoms with E-state index >= 15 is 0 Å². The summed E-state index contributed by atoms with van der Waals surface area (Å²) in [7, 11) is 3.59. The molecule has 6 nitrogen and oxygen atoms in total. The van der Waals surface area contributed by atoms with E-state index in [1.165, 1.54) is 0 Å². The fraction of sp³-hybridized carbons (Fsp3) is 0.667. The number of carbonyl (C=O) groups is 2. The van der Waals surface area contributed by atoms with Gasteiger partial charge in [0.15, 0.2) is 0 Å². The fourth-order valence-electron chi connectivity index (χ4n) is 4.16. The molecule has 0 saturated heterocycles. The molecular weight excluding hydrogens is 270 g/mol. The second-order valence-electron chi connectivity index (χ2n) is 6.44. The van der Waals surface area contributed by atoms with Crippen LogP contribution >= 0.6 is 0 Å². The monoisotopic (exact) mass is 291 g/mol. The fourth-order valence-corrected chi connectivity index (χ4v) is 4.16. The van der Waals surface area contributed by atoms with E-state index in [0.717, 1.165) is 24.8 Å². The number of fused-ring (bicyclic) bond motifs is 2. The molecule has 1 heterocycles. The standard InChI is InChI=1S/C15H21N3O3/c1-17(7-9-6-16-18(2)8-9)14(19)12-10-3-4-11(5-10)13(12)15(20)21/h6,8,10-13H,3-5,7H2,1-2H3,(H,20,21). The van der Waals surface area contributed by atoms with Crippen LogP contribution in [-0.2, 0) is 23.2 Å². The summed E-state index contributed by atoms with van der Waals surface area (Å²) >= 11 is 0. The number of amides is 1. The topological polar surface area (TPSA) is 75.4 Å². The zero-order valence-electron chi connectivity index (χ0n) is 12.4. The van der Waals surface area contributed by atoms with Gasteiger partial charge in [-0.3, -0.25) is 14.3 Å². The number of rotatable bonds is 4. The van der Waals surface area contributed by atoms with E-state index in [-0.39, 0.29) is 23.7 Å². The number of aryl methyl sites for hydroxylation is 1. The van der Waals surface area contributed by atoms with Crippen LogP contribution in [0, 0.1) is 23.7 Å². The number of carboxylic acid groups (broad SMARTS) is 1. The van der Waals surface area contributed by atoms with Crippen molar-refractivity contribution in [3.05, 3.63) is 18.0 Å². The normalized spacial score (nSPS) is 30.6. The van der Waals surface area contributed by atoms with Gasteiger partial charge in [0.25, 0.3) is 0 Å². The molecule has 4 unspecified atom stereocenters. The van der Waals surface area contributed by atoms with Gasteiger partial charge in [-0.05, 0) is 31.1 Å². The molecule has 1 aromatic heterocycles. The molecule has 1 N–H and O–H groups in total. The number of aliphatic carboxylic acids is 1. The minimum atomic E-state index is -0.810. The van der Waals surface area contributed by atoms with Crippen LogP contribution in [0.4, 0.5) is 0 Å². The smallest absolute Gasteiger partial charge is 0.307 e. The van der Waals surface area contributed by atoms with E-state index in [4.69, 9.17) is 0 Å². The van der Waals surface area contributed by atoms with Gasteiger partial charge in [0.2, 0.25) is 5.91 Å². The minimum Gasteiger partial charge on any atom is -0.481 e. The van der Waals surface area contributed by atoms with Crippen LogP contribution in [0.5, 0.6) is 0 Å². The van der Waals surface area contributed by atoms with Gasteiger partial charge in [-0.1, -0.05) is 0 Å². The predicted octanol–water partition coefficient (Wildman–Crippen LogP) is 1.13. The highest BCUT2D eigenvalue weighted by atomic mass is 16.4. The van der Waals surface area contributed by atoms with Crippen molar-refractivity contribution in [2.45, 2.75) is 25.8 Å². The summed E-state index contributed by atoms with van der Waals surface area (Å²) in [6, 6.07) is 0. The molecule has 0 aliphatic heterocycles. The van der Waals surface area contributed by atoms with Gasteiger partial charge in [-0.25, -0.2) is 0 Å². The Morgan fingerprint density at radius 1 is 1.38 bits per heavy atom. The van der Waals surface area contributed by atoms with Crippen LogP contribution in [0.3, 0.4) is 0 Å². The SMILES string of the molecule is CN(Cc1cnn(C)c1)C(=O)C1C2CCC(C2)C1C(=O)O. The lowest BCUT2D eigenvalue weighted by atomic mass is 9.78. The van der Waals surface area contributed by atoms with Crippen molar-refractivity contribution in [1.82, 2.24) is 14.7 Å². The van der Waals surface area contributed by atoms with Crippen LogP contribution in [0.15, 0.2) is 12.4 Å². The molecule has 0 radical (unpaired) electrons. The van der Waals surface area contributed by atoms with Gasteiger partial charge in [-0.2, -0.15) is 5.10 Å². The summed E-state index contributed by atoms with van der Waals surface area (Å²) in [6.45, 7) is 0.479. The Morgan fingerprint density at radius 2 is 2.05 bits per heavy atom. The number of nitrogens with zero attached hydrogens (tertiary/aromatic N) is 3. The zero-order valence-corrected chi connectivity index (χ0v) is 12.4. The van der Waals surface area contributed by atoms with E-state index in [1.54, 1.807) is 22.8 Å². The molecule has 0 aromatic carbocycles. The molecule has 1 aromatic rings. The summed E-state index contributed by atoms with van der Waals surface area (Å²) in [5.41, 5.74) is 0.961. The van der Waals surface area contributed by atoms with Crippen LogP contribution in [0.1, 0.15) is 24.8 Å². The van der Waals surface area contributed by atoms with E-state index < -0.39 is 11.9 Å². The number of carboxylic acids is 1. The number of carbonyl (C=O) groups excluding carboxylic acids is 1. The van der Waals surface area contributed by atoms with E-state index in [9.17, 15) is 14.7 Å². The average molecular weight is 291 g/mol. The second-order valence-corrected chi connectivity index (χ2v) is 6.44. The Labute approximate surface area is 123 Å². The Morgan fingerprint density at radius 3 is 2.62 bits per heavy atom. The summed E-state index contributed by atoms with van der Waals surface area (Å²) in [6.07, 6.45) is 6.45. The van der Waals surface area contributed by atoms with E-state index in [1.807, 2.05) is 13.2 Å². The molecule has 2 aliphatic carbocycles. The van der Waals surface area contributed by atoms with Crippen molar-refractivity contribution in [1.29, 1.82) is 0 Å². The third-order valence-corrected chi connectivity index (χ3v) is 5.04. The predicted molar refractivity (Wildman–Crippen MR) is 75.1 cm³/mol. The highest BCUT2D eigenvalue weighted by Gasteiger charge is 2.54. The Bertz CT molecular complexity index is 568. The third-order valence-electron chi connectivity index (χ3n) is 5.04. The third kappa shape index (κ3) is 2.43. The Kier molecular flexibility index (Phi) is 3.47. The highest BCUT2D eigenvalue weighted by Crippen LogP contribution is 2.52. The van der Waals surface area contributed by atoms with Crippen LogP contribution < -0.4 is 0 Å². The molecule has 3 rings (SSSR count). The number of aromatic nitrogens is 2. The summed E-state index contributed by atoms with van der Waals surface area (Å²) < 4.78 is 1.70. The lowest BCUT2D eigenvalue weighted by Gasteiger charge is -2.30. The average Bonchev–Trinajstić information content (AvgIpc) is 3.12. The maximum absolute atomic E-state index is 12.7. The Hall–Kier alpha value is -1.85. The summed E-state index contributed by atoms with van der Waals surface area (Å²) in [4.78, 5) is 25.9. The first kappa shape index (κ1) is 14.1. The number of hydrogen-bond acceptors (Lipinski definition) is 3. The highest BCUT2D eigenvalue weighted by molar-refractivity contribution is 5.86. The first-order chi connectivity index (χ1) is 9.97. The zero-order chi connectivity index (χ0) is 15.1. The molecule has 1 amide bonds. The quantitative estimate of drug-likeness (QED) is 0.902. The van der Waals surface area contributed by atoms with Crippen molar-refractivity contribution in [2.75, 3.05) is 7.05 Å². The Balaban J connectivity index is 1.73. The molecule has 21 heavy (non-hydrogen) atoms. The van der Waals surface area contributed by atoms with Gasteiger partial charge < -0.3 is 10.0 Å². The molecule has 2 bridgehead atoms. The molecule has 2 aliphatic rings. The lowest BCUT2D eigenvalue weighted by Crippen LogP contribution is -2.41. The van der Waals surface area contributed by atoms with Gasteiger partial charge in [0, 0.05) is 32.4 Å².